The molecule has 1 amide bonds. The molecule has 3 heteroatoms. The number of hydrogen-bond acceptors (Lipinski definition) is 1. The van der Waals surface area contributed by atoms with Gasteiger partial charge < -0.3 is 5.32 Å². The number of amides is 1. The van der Waals surface area contributed by atoms with Crippen LogP contribution in [0.2, 0.25) is 0 Å². The molecule has 0 bridgehead atoms. The fourth-order valence-electron chi connectivity index (χ4n) is 3.30. The Balaban J connectivity index is 2.00. The van der Waals surface area contributed by atoms with Crippen LogP contribution in [0.15, 0.2) is 91.0 Å². The van der Waals surface area contributed by atoms with E-state index < -0.39 is 6.89 Å². The first-order valence-corrected chi connectivity index (χ1v) is 10.9. The van der Waals surface area contributed by atoms with Gasteiger partial charge in [0.1, 0.15) is 0 Å². The van der Waals surface area contributed by atoms with E-state index in [0.717, 1.165) is 12.8 Å². The predicted octanol–water partition coefficient (Wildman–Crippen LogP) is 3.06. The molecule has 0 radical (unpaired) electrons. The number of carbonyl (C=O) groups excluding carboxylic acids is 1. The smallest absolute Gasteiger partial charge is 0.245 e. The lowest BCUT2D eigenvalue weighted by molar-refractivity contribution is -0.114. The summed E-state index contributed by atoms with van der Waals surface area (Å²) in [6, 6.07) is 31.7. The highest BCUT2D eigenvalue weighted by Gasteiger charge is 2.28. The lowest BCUT2D eigenvalue weighted by Crippen LogP contribution is -2.33. The first-order chi connectivity index (χ1) is 12.8. The molecule has 130 valence electrons. The maximum absolute atomic E-state index is 12.9. The Labute approximate surface area is 154 Å². The minimum atomic E-state index is -2.17. The average molecular weight is 359 g/mol. The second-order valence-electron chi connectivity index (χ2n) is 6.64. The molecule has 0 saturated heterocycles. The third-order valence-corrected chi connectivity index (χ3v) is 8.68. The van der Waals surface area contributed by atoms with Crippen LogP contribution >= 0.6 is 6.89 Å². The van der Waals surface area contributed by atoms with Crippen molar-refractivity contribution in [2.75, 3.05) is 0 Å². The van der Waals surface area contributed by atoms with Crippen molar-refractivity contribution in [1.82, 2.24) is 5.32 Å². The summed E-state index contributed by atoms with van der Waals surface area (Å²) in [6.45, 7) is -2.17. The predicted molar refractivity (Wildman–Crippen MR) is 112 cm³/mol. The Hall–Kier alpha value is -2.57. The van der Waals surface area contributed by atoms with Crippen molar-refractivity contribution in [2.45, 2.75) is 18.9 Å². The quantitative estimate of drug-likeness (QED) is 0.697. The molecule has 1 aliphatic carbocycles. The van der Waals surface area contributed by atoms with Crippen LogP contribution in [-0.4, -0.2) is 17.7 Å². The summed E-state index contributed by atoms with van der Waals surface area (Å²) in [7, 11) is 0. The van der Waals surface area contributed by atoms with Crippen molar-refractivity contribution < 1.29 is 4.79 Å². The highest BCUT2D eigenvalue weighted by molar-refractivity contribution is 7.95. The van der Waals surface area contributed by atoms with Crippen molar-refractivity contribution >= 4 is 34.5 Å². The van der Waals surface area contributed by atoms with Gasteiger partial charge in [-0.2, -0.15) is 0 Å². The number of carbonyl (C=O) groups is 1. The van der Waals surface area contributed by atoms with Crippen LogP contribution in [0.3, 0.4) is 0 Å². The van der Waals surface area contributed by atoms with Crippen LogP contribution in [0.1, 0.15) is 12.8 Å². The van der Waals surface area contributed by atoms with E-state index in [4.69, 9.17) is 0 Å². The van der Waals surface area contributed by atoms with Gasteiger partial charge in [0, 0.05) is 11.8 Å². The highest BCUT2D eigenvalue weighted by Crippen LogP contribution is 2.43. The molecule has 3 aromatic rings. The molecule has 3 aromatic carbocycles. The van der Waals surface area contributed by atoms with Gasteiger partial charge >= 0.3 is 0 Å². The fraction of sp³-hybridized carbons (Fsp3) is 0.130. The van der Waals surface area contributed by atoms with Crippen LogP contribution in [0.5, 0.6) is 0 Å². The van der Waals surface area contributed by atoms with Crippen LogP contribution in [-0.2, 0) is 4.79 Å². The van der Waals surface area contributed by atoms with Gasteiger partial charge in [0.05, 0.1) is 0 Å². The fourth-order valence-corrected chi connectivity index (χ4v) is 7.00. The van der Waals surface area contributed by atoms with Crippen molar-refractivity contribution in [3.8, 4) is 0 Å². The van der Waals surface area contributed by atoms with E-state index in [1.165, 1.54) is 15.9 Å². The van der Waals surface area contributed by atoms with Gasteiger partial charge in [0.25, 0.3) is 0 Å². The zero-order valence-electron chi connectivity index (χ0n) is 14.6. The maximum atomic E-state index is 12.9. The van der Waals surface area contributed by atoms with Gasteiger partial charge in [-0.3, -0.25) is 4.79 Å². The second-order valence-corrected chi connectivity index (χ2v) is 9.89. The molecule has 2 nitrogen and oxygen atoms in total. The largest absolute Gasteiger partial charge is 0.350 e. The standard InChI is InChI=1S/C23H22NOP/c25-23(24-19-16-17-19)18-26(20-10-4-1-5-11-20,21-12-6-2-7-13-21)22-14-8-3-9-15-22/h1-15,18-19H,16-17H2,(H,24,25). The van der Waals surface area contributed by atoms with E-state index >= 15 is 0 Å². The average Bonchev–Trinajstić information content (AvgIpc) is 3.52. The lowest BCUT2D eigenvalue weighted by atomic mass is 10.4. The molecule has 0 atom stereocenters. The number of rotatable bonds is 5. The molecule has 1 saturated carbocycles. The molecule has 0 spiro atoms. The Morgan fingerprint density at radius 2 is 1.12 bits per heavy atom. The van der Waals surface area contributed by atoms with Gasteiger partial charge in [0.15, 0.2) is 0 Å². The summed E-state index contributed by atoms with van der Waals surface area (Å²) in [4.78, 5) is 12.9. The zero-order chi connectivity index (χ0) is 17.8. The SMILES string of the molecule is O=C(C=P(c1ccccc1)(c1ccccc1)c1ccccc1)NC1CC1. The van der Waals surface area contributed by atoms with E-state index in [-0.39, 0.29) is 5.91 Å². The summed E-state index contributed by atoms with van der Waals surface area (Å²) in [5, 5.41) is 6.74. The first kappa shape index (κ1) is 16.9. The van der Waals surface area contributed by atoms with Gasteiger partial charge in [-0.15, -0.1) is 0 Å². The Kier molecular flexibility index (Phi) is 4.77. The van der Waals surface area contributed by atoms with Crippen LogP contribution < -0.4 is 21.2 Å². The highest BCUT2D eigenvalue weighted by atomic mass is 31.2. The van der Waals surface area contributed by atoms with E-state index in [2.05, 4.69) is 78.1 Å². The van der Waals surface area contributed by atoms with E-state index in [9.17, 15) is 4.79 Å². The Morgan fingerprint density at radius 3 is 1.46 bits per heavy atom. The normalized spacial score (nSPS) is 13.8. The second kappa shape index (κ2) is 7.35. The molecular weight excluding hydrogens is 337 g/mol. The van der Waals surface area contributed by atoms with Gasteiger partial charge in [0.2, 0.25) is 5.91 Å². The number of hydrogen-bond donors (Lipinski definition) is 1. The molecule has 1 N–H and O–H groups in total. The first-order valence-electron chi connectivity index (χ1n) is 9.01. The van der Waals surface area contributed by atoms with Gasteiger partial charge in [-0.1, -0.05) is 91.0 Å². The van der Waals surface area contributed by atoms with Crippen molar-refractivity contribution in [3.05, 3.63) is 91.0 Å². The monoisotopic (exact) mass is 359 g/mol. The van der Waals surface area contributed by atoms with Crippen molar-refractivity contribution in [3.63, 3.8) is 0 Å². The minimum Gasteiger partial charge on any atom is -0.350 e. The summed E-state index contributed by atoms with van der Waals surface area (Å²) in [6.07, 6.45) is 2.18. The molecule has 1 aliphatic rings. The van der Waals surface area contributed by atoms with E-state index in [1.807, 2.05) is 24.0 Å². The minimum absolute atomic E-state index is 0.0393. The van der Waals surface area contributed by atoms with Gasteiger partial charge in [-0.05, 0) is 35.6 Å². The number of benzene rings is 3. The van der Waals surface area contributed by atoms with E-state index in [0.29, 0.717) is 6.04 Å². The molecule has 4 rings (SSSR count). The third kappa shape index (κ3) is 3.38. The third-order valence-electron chi connectivity index (χ3n) is 4.73. The topological polar surface area (TPSA) is 29.1 Å². The summed E-state index contributed by atoms with van der Waals surface area (Å²) in [5.41, 5.74) is 0. The van der Waals surface area contributed by atoms with Crippen molar-refractivity contribution in [2.24, 2.45) is 0 Å². The summed E-state index contributed by atoms with van der Waals surface area (Å²) in [5.74, 6) is 2.00. The van der Waals surface area contributed by atoms with Crippen LogP contribution in [0.4, 0.5) is 0 Å². The van der Waals surface area contributed by atoms with Crippen LogP contribution in [0, 0.1) is 0 Å². The molecule has 0 aliphatic heterocycles. The summed E-state index contributed by atoms with van der Waals surface area (Å²) >= 11 is 0. The van der Waals surface area contributed by atoms with Crippen molar-refractivity contribution in [1.29, 1.82) is 0 Å². The molecule has 1 fully saturated rings. The summed E-state index contributed by atoms with van der Waals surface area (Å²) < 4.78 is 0. The molecule has 0 heterocycles. The van der Waals surface area contributed by atoms with Gasteiger partial charge in [-0.25, -0.2) is 0 Å². The van der Waals surface area contributed by atoms with E-state index in [1.54, 1.807) is 0 Å². The molecule has 26 heavy (non-hydrogen) atoms. The number of nitrogens with one attached hydrogen (secondary N) is 1. The maximum Gasteiger partial charge on any atom is 0.245 e. The Morgan fingerprint density at radius 1 is 0.731 bits per heavy atom. The zero-order valence-corrected chi connectivity index (χ0v) is 15.5. The molecule has 0 unspecified atom stereocenters. The Bertz CT molecular complexity index is 828. The molecule has 0 aromatic heterocycles. The molecular formula is C23H22NOP. The van der Waals surface area contributed by atoms with Crippen LogP contribution in [0.25, 0.3) is 0 Å². The lowest BCUT2D eigenvalue weighted by Gasteiger charge is -2.28.